The fraction of sp³-hybridized carbons (Fsp3) is 0.600. The van der Waals surface area contributed by atoms with Gasteiger partial charge in [0.25, 0.3) is 0 Å². The number of thioether (sulfide) groups is 1. The van der Waals surface area contributed by atoms with E-state index >= 15 is 0 Å². The van der Waals surface area contributed by atoms with Crippen LogP contribution in [0.4, 0.5) is 5.69 Å². The van der Waals surface area contributed by atoms with Gasteiger partial charge >= 0.3 is 0 Å². The molecular formula is C15H23NOS. The highest BCUT2D eigenvalue weighted by Crippen LogP contribution is 2.34. The van der Waals surface area contributed by atoms with Gasteiger partial charge in [-0.3, -0.25) is 0 Å². The second-order valence-corrected chi connectivity index (χ2v) is 7.38. The van der Waals surface area contributed by atoms with Crippen LogP contribution in [0.3, 0.4) is 0 Å². The lowest BCUT2D eigenvalue weighted by atomic mass is 10.1. The molecule has 1 aliphatic rings. The normalized spacial score (nSPS) is 21.4. The number of aliphatic hydroxyl groups is 1. The number of anilines is 1. The smallest absolute Gasteiger partial charge is 0.0781 e. The fourth-order valence-corrected chi connectivity index (χ4v) is 3.49. The zero-order valence-electron chi connectivity index (χ0n) is 11.5. The van der Waals surface area contributed by atoms with Gasteiger partial charge in [0.1, 0.15) is 0 Å². The molecule has 1 atom stereocenters. The Hall–Kier alpha value is -0.670. The van der Waals surface area contributed by atoms with Gasteiger partial charge in [-0.1, -0.05) is 32.0 Å². The molecule has 0 radical (unpaired) electrons. The summed E-state index contributed by atoms with van der Waals surface area (Å²) in [7, 11) is 0. The number of hydrogen-bond donors (Lipinski definition) is 1. The van der Waals surface area contributed by atoms with Crippen molar-refractivity contribution in [1.82, 2.24) is 0 Å². The van der Waals surface area contributed by atoms with Crippen molar-refractivity contribution < 1.29 is 5.11 Å². The van der Waals surface area contributed by atoms with Crippen LogP contribution in [0.15, 0.2) is 24.3 Å². The summed E-state index contributed by atoms with van der Waals surface area (Å²) >= 11 is 2.05. The van der Waals surface area contributed by atoms with Crippen LogP contribution in [-0.4, -0.2) is 28.7 Å². The Bertz CT molecular complexity index is 403. The van der Waals surface area contributed by atoms with Crippen molar-refractivity contribution in [2.24, 2.45) is 0 Å². The average Bonchev–Trinajstić information content (AvgIpc) is 2.50. The molecule has 1 heterocycles. The summed E-state index contributed by atoms with van der Waals surface area (Å²) in [4.78, 5) is 2.42. The number of para-hydroxylation sites is 1. The number of benzene rings is 1. The van der Waals surface area contributed by atoms with E-state index in [1.165, 1.54) is 12.1 Å². The Morgan fingerprint density at radius 1 is 1.28 bits per heavy atom. The van der Waals surface area contributed by atoms with E-state index < -0.39 is 6.10 Å². The summed E-state index contributed by atoms with van der Waals surface area (Å²) in [6.45, 7) is 8.63. The van der Waals surface area contributed by atoms with E-state index in [2.05, 4.69) is 30.9 Å². The van der Waals surface area contributed by atoms with Crippen molar-refractivity contribution in [1.29, 1.82) is 0 Å². The van der Waals surface area contributed by atoms with E-state index in [9.17, 15) is 5.11 Å². The molecule has 1 aromatic rings. The van der Waals surface area contributed by atoms with Crippen LogP contribution in [0.25, 0.3) is 0 Å². The van der Waals surface area contributed by atoms with Gasteiger partial charge < -0.3 is 10.0 Å². The second-order valence-electron chi connectivity index (χ2n) is 5.58. The van der Waals surface area contributed by atoms with Crippen molar-refractivity contribution >= 4 is 17.4 Å². The molecule has 1 saturated heterocycles. The largest absolute Gasteiger partial charge is 0.389 e. The zero-order chi connectivity index (χ0) is 13.2. The Morgan fingerprint density at radius 2 is 2.00 bits per heavy atom. The summed E-state index contributed by atoms with van der Waals surface area (Å²) in [6, 6.07) is 8.22. The van der Waals surface area contributed by atoms with E-state index in [4.69, 9.17) is 0 Å². The number of aliphatic hydroxyl groups excluding tert-OH is 1. The molecular weight excluding hydrogens is 242 g/mol. The maximum absolute atomic E-state index is 9.88. The lowest BCUT2D eigenvalue weighted by Crippen LogP contribution is -2.28. The Balaban J connectivity index is 2.21. The molecule has 0 bridgehead atoms. The van der Waals surface area contributed by atoms with Gasteiger partial charge in [-0.15, -0.1) is 0 Å². The minimum Gasteiger partial charge on any atom is -0.389 e. The van der Waals surface area contributed by atoms with E-state index in [-0.39, 0.29) is 0 Å². The molecule has 2 rings (SSSR count). The van der Waals surface area contributed by atoms with Crippen molar-refractivity contribution in [2.45, 2.75) is 38.0 Å². The molecule has 100 valence electrons. The fourth-order valence-electron chi connectivity index (χ4n) is 2.39. The Labute approximate surface area is 114 Å². The van der Waals surface area contributed by atoms with Crippen LogP contribution in [0.1, 0.15) is 38.9 Å². The summed E-state index contributed by atoms with van der Waals surface area (Å²) in [5, 5.41) is 9.88. The predicted octanol–water partition coefficient (Wildman–Crippen LogP) is 3.46. The van der Waals surface area contributed by atoms with Crippen LogP contribution in [-0.2, 0) is 0 Å². The van der Waals surface area contributed by atoms with Crippen molar-refractivity contribution in [2.75, 3.05) is 23.7 Å². The molecule has 0 spiro atoms. The Morgan fingerprint density at radius 3 is 2.72 bits per heavy atom. The summed E-state index contributed by atoms with van der Waals surface area (Å²) in [5.74, 6) is 1.15. The molecule has 0 unspecified atom stereocenters. The number of nitrogens with zero attached hydrogens (tertiary/aromatic N) is 1. The molecule has 0 saturated carbocycles. The first kappa shape index (κ1) is 13.8. The van der Waals surface area contributed by atoms with Crippen LogP contribution in [0.5, 0.6) is 0 Å². The van der Waals surface area contributed by atoms with E-state index in [1.54, 1.807) is 0 Å². The summed E-state index contributed by atoms with van der Waals surface area (Å²) in [5.41, 5.74) is 2.24. The SMILES string of the molecule is C[C@@H](O)c1ccccc1N1CCSC(C)(C)CC1. The van der Waals surface area contributed by atoms with Crippen LogP contribution in [0.2, 0.25) is 0 Å². The quantitative estimate of drug-likeness (QED) is 0.886. The predicted molar refractivity (Wildman–Crippen MR) is 80.4 cm³/mol. The molecule has 3 heteroatoms. The number of hydrogen-bond acceptors (Lipinski definition) is 3. The molecule has 2 nitrogen and oxygen atoms in total. The van der Waals surface area contributed by atoms with Crippen LogP contribution >= 0.6 is 11.8 Å². The maximum Gasteiger partial charge on any atom is 0.0781 e. The first-order valence-corrected chi connectivity index (χ1v) is 7.64. The first-order valence-electron chi connectivity index (χ1n) is 6.65. The molecule has 1 aromatic carbocycles. The third kappa shape index (κ3) is 3.21. The van der Waals surface area contributed by atoms with Gasteiger partial charge in [-0.05, 0) is 19.4 Å². The average molecular weight is 265 g/mol. The van der Waals surface area contributed by atoms with E-state index in [1.807, 2.05) is 30.8 Å². The highest BCUT2D eigenvalue weighted by molar-refractivity contribution is 8.00. The third-order valence-electron chi connectivity index (χ3n) is 3.57. The van der Waals surface area contributed by atoms with Crippen LogP contribution < -0.4 is 4.90 Å². The topological polar surface area (TPSA) is 23.5 Å². The lowest BCUT2D eigenvalue weighted by molar-refractivity contribution is 0.199. The molecule has 0 aliphatic carbocycles. The summed E-state index contributed by atoms with van der Waals surface area (Å²) < 4.78 is 0.370. The lowest BCUT2D eigenvalue weighted by Gasteiger charge is -2.27. The Kier molecular flexibility index (Phi) is 4.23. The van der Waals surface area contributed by atoms with Gasteiger partial charge in [-0.2, -0.15) is 11.8 Å². The standard InChI is InChI=1S/C15H23NOS/c1-12(17)13-6-4-5-7-14(13)16-9-8-15(2,3)18-11-10-16/h4-7,12,17H,8-11H2,1-3H3/t12-/m1/s1. The van der Waals surface area contributed by atoms with Gasteiger partial charge in [0.15, 0.2) is 0 Å². The summed E-state index contributed by atoms with van der Waals surface area (Å²) in [6.07, 6.45) is 0.788. The van der Waals surface area contributed by atoms with Gasteiger partial charge in [-0.25, -0.2) is 0 Å². The van der Waals surface area contributed by atoms with Crippen molar-refractivity contribution in [3.63, 3.8) is 0 Å². The molecule has 18 heavy (non-hydrogen) atoms. The minimum absolute atomic E-state index is 0.370. The zero-order valence-corrected chi connectivity index (χ0v) is 12.3. The van der Waals surface area contributed by atoms with Crippen molar-refractivity contribution in [3.8, 4) is 0 Å². The molecule has 1 aliphatic heterocycles. The van der Waals surface area contributed by atoms with Gasteiger partial charge in [0.2, 0.25) is 0 Å². The second kappa shape index (κ2) is 5.54. The molecule has 1 N–H and O–H groups in total. The van der Waals surface area contributed by atoms with Crippen molar-refractivity contribution in [3.05, 3.63) is 29.8 Å². The maximum atomic E-state index is 9.88. The van der Waals surface area contributed by atoms with Crippen LogP contribution in [0, 0.1) is 0 Å². The molecule has 0 aromatic heterocycles. The monoisotopic (exact) mass is 265 g/mol. The first-order chi connectivity index (χ1) is 8.49. The number of rotatable bonds is 2. The minimum atomic E-state index is -0.398. The van der Waals surface area contributed by atoms with Gasteiger partial charge in [0.05, 0.1) is 6.10 Å². The highest BCUT2D eigenvalue weighted by Gasteiger charge is 2.24. The molecule has 1 fully saturated rings. The molecule has 0 amide bonds. The van der Waals surface area contributed by atoms with E-state index in [0.717, 1.165) is 24.4 Å². The third-order valence-corrected chi connectivity index (χ3v) is 4.94. The van der Waals surface area contributed by atoms with Gasteiger partial charge in [0, 0.05) is 34.8 Å². The van der Waals surface area contributed by atoms with E-state index in [0.29, 0.717) is 4.75 Å². The highest BCUT2D eigenvalue weighted by atomic mass is 32.2.